The summed E-state index contributed by atoms with van der Waals surface area (Å²) >= 11 is 1.40. The molecule has 0 radical (unpaired) electrons. The molecular formula is C19H21N3O5S2. The van der Waals surface area contributed by atoms with Crippen LogP contribution < -0.4 is 10.1 Å². The van der Waals surface area contributed by atoms with Crippen LogP contribution in [0.2, 0.25) is 0 Å². The maximum absolute atomic E-state index is 13.0. The molecule has 0 saturated carbocycles. The van der Waals surface area contributed by atoms with Gasteiger partial charge in [0.15, 0.2) is 6.10 Å². The van der Waals surface area contributed by atoms with Gasteiger partial charge in [-0.25, -0.2) is 8.42 Å². The van der Waals surface area contributed by atoms with Gasteiger partial charge in [0.25, 0.3) is 11.8 Å². The minimum atomic E-state index is -3.75. The molecule has 2 amide bonds. The summed E-state index contributed by atoms with van der Waals surface area (Å²) in [7, 11) is -3.75. The molecular weight excluding hydrogens is 414 g/mol. The molecule has 1 fully saturated rings. The van der Waals surface area contributed by atoms with Crippen molar-refractivity contribution in [1.82, 2.24) is 9.21 Å². The van der Waals surface area contributed by atoms with Crippen LogP contribution in [-0.2, 0) is 14.8 Å². The summed E-state index contributed by atoms with van der Waals surface area (Å²) in [5.41, 5.74) is 1.28. The summed E-state index contributed by atoms with van der Waals surface area (Å²) in [6.07, 6.45) is -0.623. The van der Waals surface area contributed by atoms with Gasteiger partial charge in [0.1, 0.15) is 5.75 Å². The minimum Gasteiger partial charge on any atom is -0.479 e. The van der Waals surface area contributed by atoms with E-state index >= 15 is 0 Å². The summed E-state index contributed by atoms with van der Waals surface area (Å²) in [5, 5.41) is 4.55. The average Bonchev–Trinajstić information content (AvgIpc) is 3.14. The number of thiophene rings is 1. The highest BCUT2D eigenvalue weighted by molar-refractivity contribution is 7.89. The van der Waals surface area contributed by atoms with Crippen molar-refractivity contribution < 1.29 is 22.7 Å². The van der Waals surface area contributed by atoms with E-state index in [4.69, 9.17) is 4.74 Å². The number of amides is 2. The van der Waals surface area contributed by atoms with Crippen molar-refractivity contribution in [2.75, 3.05) is 31.5 Å². The first-order valence-electron chi connectivity index (χ1n) is 9.22. The Balaban J connectivity index is 1.48. The Labute approximate surface area is 173 Å². The number of hydrogen-bond acceptors (Lipinski definition) is 6. The fourth-order valence-corrected chi connectivity index (χ4v) is 5.71. The minimum absolute atomic E-state index is 0.0580. The van der Waals surface area contributed by atoms with Crippen LogP contribution >= 0.6 is 11.3 Å². The number of fused-ring (bicyclic) bond motifs is 1. The molecule has 154 valence electrons. The highest BCUT2D eigenvalue weighted by atomic mass is 32.2. The Hall–Kier alpha value is -2.43. The molecule has 3 heterocycles. The van der Waals surface area contributed by atoms with E-state index in [-0.39, 0.29) is 29.8 Å². The van der Waals surface area contributed by atoms with E-state index in [1.54, 1.807) is 17.9 Å². The van der Waals surface area contributed by atoms with Crippen molar-refractivity contribution >= 4 is 38.9 Å². The molecule has 10 heteroatoms. The van der Waals surface area contributed by atoms with Gasteiger partial charge in [-0.05, 0) is 49.1 Å². The van der Waals surface area contributed by atoms with Crippen molar-refractivity contribution in [2.45, 2.75) is 24.8 Å². The first-order valence-corrected chi connectivity index (χ1v) is 11.5. The van der Waals surface area contributed by atoms with Crippen LogP contribution in [0.3, 0.4) is 0 Å². The number of piperazine rings is 1. The van der Waals surface area contributed by atoms with Crippen molar-refractivity contribution in [3.63, 3.8) is 0 Å². The fourth-order valence-electron chi connectivity index (χ4n) is 3.36. The first kappa shape index (κ1) is 19.9. The number of nitrogens with zero attached hydrogens (tertiary/aromatic N) is 2. The van der Waals surface area contributed by atoms with Crippen molar-refractivity contribution in [3.8, 4) is 5.75 Å². The monoisotopic (exact) mass is 435 g/mol. The molecule has 29 heavy (non-hydrogen) atoms. The molecule has 0 aliphatic carbocycles. The Morgan fingerprint density at radius 3 is 2.59 bits per heavy atom. The number of hydrogen-bond donors (Lipinski definition) is 1. The molecule has 2 aliphatic heterocycles. The van der Waals surface area contributed by atoms with Crippen molar-refractivity contribution in [1.29, 1.82) is 0 Å². The largest absolute Gasteiger partial charge is 0.479 e. The number of carbonyl (C=O) groups is 2. The number of aryl methyl sites for hydroxylation is 1. The lowest BCUT2D eigenvalue weighted by atomic mass is 10.2. The standard InChI is InChI=1S/C19H21N3O5S2/c1-12-5-10-28-17(12)19(24)21-6-8-22(9-7-21)29(25,26)14-3-4-16-15(11-14)20-18(23)13(2)27-16/h3-5,10-11,13H,6-9H2,1-2H3,(H,20,23)/t13-/m0/s1. The number of benzene rings is 1. The van der Waals surface area contributed by atoms with Gasteiger partial charge in [-0.15, -0.1) is 11.3 Å². The van der Waals surface area contributed by atoms with Crippen LogP contribution in [0.5, 0.6) is 5.75 Å². The molecule has 8 nitrogen and oxygen atoms in total. The molecule has 0 spiro atoms. The number of sulfonamides is 1. The SMILES string of the molecule is Cc1ccsc1C(=O)N1CCN(S(=O)(=O)c2ccc3c(c2)NC(=O)[C@H](C)O3)CC1. The molecule has 1 N–H and O–H groups in total. The molecule has 2 aromatic rings. The summed E-state index contributed by atoms with van der Waals surface area (Å²) in [5.74, 6) is 0.0677. The second-order valence-electron chi connectivity index (χ2n) is 7.04. The Morgan fingerprint density at radius 2 is 1.93 bits per heavy atom. The van der Waals surface area contributed by atoms with Gasteiger partial charge in [-0.3, -0.25) is 9.59 Å². The van der Waals surface area contributed by atoms with Gasteiger partial charge in [0, 0.05) is 26.2 Å². The van der Waals surface area contributed by atoms with Gasteiger partial charge in [-0.1, -0.05) is 0 Å². The van der Waals surface area contributed by atoms with Gasteiger partial charge >= 0.3 is 0 Å². The van der Waals surface area contributed by atoms with E-state index in [9.17, 15) is 18.0 Å². The molecule has 1 saturated heterocycles. The Morgan fingerprint density at radius 1 is 1.21 bits per heavy atom. The van der Waals surface area contributed by atoms with Gasteiger partial charge in [0.2, 0.25) is 10.0 Å². The van der Waals surface area contributed by atoms with E-state index < -0.39 is 16.1 Å². The van der Waals surface area contributed by atoms with E-state index in [1.807, 2.05) is 18.4 Å². The number of anilines is 1. The second-order valence-corrected chi connectivity index (χ2v) is 9.89. The summed E-state index contributed by atoms with van der Waals surface area (Å²) in [4.78, 5) is 26.9. The van der Waals surface area contributed by atoms with E-state index in [0.29, 0.717) is 29.4 Å². The van der Waals surface area contributed by atoms with Gasteiger partial charge in [0.05, 0.1) is 15.5 Å². The Bertz CT molecular complexity index is 1070. The third-order valence-corrected chi connectivity index (χ3v) is 8.00. The molecule has 1 atom stereocenters. The van der Waals surface area contributed by atoms with Crippen LogP contribution in [0.1, 0.15) is 22.2 Å². The number of carbonyl (C=O) groups excluding carboxylic acids is 2. The first-order chi connectivity index (χ1) is 13.8. The van der Waals surface area contributed by atoms with Crippen LogP contribution in [0.25, 0.3) is 0 Å². The molecule has 1 aromatic carbocycles. The zero-order valence-electron chi connectivity index (χ0n) is 16.0. The third kappa shape index (κ3) is 3.63. The highest BCUT2D eigenvalue weighted by Gasteiger charge is 2.32. The van der Waals surface area contributed by atoms with E-state index in [1.165, 1.54) is 27.8 Å². The number of nitrogens with one attached hydrogen (secondary N) is 1. The summed E-state index contributed by atoms with van der Waals surface area (Å²) in [6, 6.07) is 6.35. The van der Waals surface area contributed by atoms with Gasteiger partial charge < -0.3 is 15.0 Å². The smallest absolute Gasteiger partial charge is 0.265 e. The Kier molecular flexibility index (Phi) is 5.09. The number of ether oxygens (including phenoxy) is 1. The number of rotatable bonds is 3. The quantitative estimate of drug-likeness (QED) is 0.795. The topological polar surface area (TPSA) is 96.0 Å². The van der Waals surface area contributed by atoms with E-state index in [2.05, 4.69) is 5.32 Å². The second kappa shape index (κ2) is 7.43. The molecule has 0 bridgehead atoms. The molecule has 1 aromatic heterocycles. The maximum atomic E-state index is 13.0. The third-order valence-electron chi connectivity index (χ3n) is 5.10. The van der Waals surface area contributed by atoms with Crippen molar-refractivity contribution in [3.05, 3.63) is 40.1 Å². The summed E-state index contributed by atoms with van der Waals surface area (Å²) in [6.45, 7) is 4.62. The van der Waals surface area contributed by atoms with Crippen molar-refractivity contribution in [2.24, 2.45) is 0 Å². The predicted molar refractivity (Wildman–Crippen MR) is 109 cm³/mol. The maximum Gasteiger partial charge on any atom is 0.265 e. The van der Waals surface area contributed by atoms with E-state index in [0.717, 1.165) is 5.56 Å². The average molecular weight is 436 g/mol. The van der Waals surface area contributed by atoms with Crippen LogP contribution in [-0.4, -0.2) is 61.7 Å². The lowest BCUT2D eigenvalue weighted by Gasteiger charge is -2.34. The normalized spacial score (nSPS) is 20.0. The van der Waals surface area contributed by atoms with Crippen LogP contribution in [0.4, 0.5) is 5.69 Å². The highest BCUT2D eigenvalue weighted by Crippen LogP contribution is 2.33. The lowest BCUT2D eigenvalue weighted by Crippen LogP contribution is -2.50. The predicted octanol–water partition coefficient (Wildman–Crippen LogP) is 1.92. The fraction of sp³-hybridized carbons (Fsp3) is 0.368. The zero-order chi connectivity index (χ0) is 20.8. The summed E-state index contributed by atoms with van der Waals surface area (Å²) < 4.78 is 32.9. The molecule has 0 unspecified atom stereocenters. The lowest BCUT2D eigenvalue weighted by molar-refractivity contribution is -0.122. The molecule has 2 aliphatic rings. The van der Waals surface area contributed by atoms with Crippen LogP contribution in [0.15, 0.2) is 34.5 Å². The van der Waals surface area contributed by atoms with Gasteiger partial charge in [-0.2, -0.15) is 4.31 Å². The zero-order valence-corrected chi connectivity index (χ0v) is 17.7. The van der Waals surface area contributed by atoms with Crippen LogP contribution in [0, 0.1) is 6.92 Å². The molecule has 4 rings (SSSR count).